The minimum atomic E-state index is -0.797. The van der Waals surface area contributed by atoms with Gasteiger partial charge in [-0.3, -0.25) is 0 Å². The van der Waals surface area contributed by atoms with Crippen LogP contribution in [0.4, 0.5) is 8.78 Å². The van der Waals surface area contributed by atoms with E-state index in [1.54, 1.807) is 0 Å². The molecule has 0 atom stereocenters. The molecule has 0 N–H and O–H groups in total. The van der Waals surface area contributed by atoms with Crippen molar-refractivity contribution in [2.75, 3.05) is 0 Å². The molecular formula is C8H6F2. The molecule has 0 aromatic carbocycles. The Labute approximate surface area is 57.9 Å². The summed E-state index contributed by atoms with van der Waals surface area (Å²) in [5.74, 6) is -1.54. The highest BCUT2D eigenvalue weighted by molar-refractivity contribution is 5.22. The molecule has 0 bridgehead atoms. The van der Waals surface area contributed by atoms with Gasteiger partial charge in [0.25, 0.3) is 0 Å². The van der Waals surface area contributed by atoms with Gasteiger partial charge in [0.2, 0.25) is 0 Å². The third-order valence-electron chi connectivity index (χ3n) is 1.09. The van der Waals surface area contributed by atoms with Gasteiger partial charge in [-0.1, -0.05) is 6.08 Å². The third kappa shape index (κ3) is 1.67. The maximum absolute atomic E-state index is 12.4. The first-order valence-corrected chi connectivity index (χ1v) is 2.92. The number of hydrogen-bond acceptors (Lipinski definition) is 0. The molecule has 0 unspecified atom stereocenters. The minimum absolute atomic E-state index is 0.00727. The van der Waals surface area contributed by atoms with Gasteiger partial charge in [0, 0.05) is 6.42 Å². The molecule has 52 valence electrons. The van der Waals surface area contributed by atoms with Crippen molar-refractivity contribution in [3.63, 3.8) is 0 Å². The maximum Gasteiger partial charge on any atom is 0.154 e. The molecule has 10 heavy (non-hydrogen) atoms. The van der Waals surface area contributed by atoms with Crippen LogP contribution in [0.2, 0.25) is 0 Å². The molecular weight excluding hydrogens is 134 g/mol. The summed E-state index contributed by atoms with van der Waals surface area (Å²) in [6.07, 6.45) is 5.46. The molecule has 0 radical (unpaired) electrons. The van der Waals surface area contributed by atoms with Crippen LogP contribution < -0.4 is 0 Å². The van der Waals surface area contributed by atoms with Crippen LogP contribution in [0.25, 0.3) is 0 Å². The van der Waals surface area contributed by atoms with Crippen molar-refractivity contribution in [1.29, 1.82) is 0 Å². The Balaban J connectivity index is 2.91. The molecule has 0 saturated carbocycles. The van der Waals surface area contributed by atoms with Gasteiger partial charge < -0.3 is 0 Å². The van der Waals surface area contributed by atoms with Crippen molar-refractivity contribution in [3.8, 4) is 0 Å². The predicted octanol–water partition coefficient (Wildman–Crippen LogP) is 2.81. The van der Waals surface area contributed by atoms with Crippen LogP contribution in [-0.4, -0.2) is 0 Å². The molecule has 1 aliphatic rings. The minimum Gasteiger partial charge on any atom is -0.208 e. The average molecular weight is 140 g/mol. The Morgan fingerprint density at radius 3 is 3.00 bits per heavy atom. The van der Waals surface area contributed by atoms with Crippen LogP contribution >= 0.6 is 0 Å². The molecule has 0 aromatic rings. The maximum atomic E-state index is 12.4. The lowest BCUT2D eigenvalue weighted by atomic mass is 10.2. The smallest absolute Gasteiger partial charge is 0.154 e. The summed E-state index contributed by atoms with van der Waals surface area (Å²) in [7, 11) is 0. The van der Waals surface area contributed by atoms with E-state index in [0.29, 0.717) is 0 Å². The molecule has 0 aromatic heterocycles. The van der Waals surface area contributed by atoms with Crippen molar-refractivity contribution in [3.05, 3.63) is 41.7 Å². The van der Waals surface area contributed by atoms with E-state index in [2.05, 4.69) is 5.73 Å². The summed E-state index contributed by atoms with van der Waals surface area (Å²) in [5.41, 5.74) is 2.66. The van der Waals surface area contributed by atoms with Crippen molar-refractivity contribution < 1.29 is 8.78 Å². The van der Waals surface area contributed by atoms with Gasteiger partial charge in [-0.05, 0) is 18.2 Å². The zero-order valence-electron chi connectivity index (χ0n) is 5.27. The van der Waals surface area contributed by atoms with Gasteiger partial charge in [-0.2, -0.15) is 0 Å². The van der Waals surface area contributed by atoms with Crippen LogP contribution in [-0.2, 0) is 0 Å². The summed E-state index contributed by atoms with van der Waals surface area (Å²) < 4.78 is 24.8. The topological polar surface area (TPSA) is 0 Å². The quantitative estimate of drug-likeness (QED) is 0.454. The first kappa shape index (κ1) is 6.97. The fraction of sp³-hybridized carbons (Fsp3) is 0.125. The Bertz CT molecular complexity index is 240. The number of allylic oxidation sites excluding steroid dienone is 5. The molecule has 1 rings (SSSR count). The zero-order valence-corrected chi connectivity index (χ0v) is 5.27. The Morgan fingerprint density at radius 1 is 1.40 bits per heavy atom. The lowest BCUT2D eigenvalue weighted by Gasteiger charge is -1.91. The van der Waals surface area contributed by atoms with Crippen molar-refractivity contribution in [1.82, 2.24) is 0 Å². The van der Waals surface area contributed by atoms with E-state index in [9.17, 15) is 8.78 Å². The van der Waals surface area contributed by atoms with Gasteiger partial charge >= 0.3 is 0 Å². The lowest BCUT2D eigenvalue weighted by molar-refractivity contribution is 0.540. The SMILES string of the molecule is FC1=C(F)CC=C=CC=C1. The largest absolute Gasteiger partial charge is 0.208 e. The fourth-order valence-electron chi connectivity index (χ4n) is 0.593. The molecule has 0 spiro atoms. The second-order valence-electron chi connectivity index (χ2n) is 1.85. The molecule has 0 heterocycles. The van der Waals surface area contributed by atoms with Gasteiger partial charge in [0.15, 0.2) is 5.83 Å². The summed E-state index contributed by atoms with van der Waals surface area (Å²) in [6.45, 7) is 0. The fourth-order valence-corrected chi connectivity index (χ4v) is 0.593. The summed E-state index contributed by atoms with van der Waals surface area (Å²) in [5, 5.41) is 0. The first-order chi connectivity index (χ1) is 4.80. The number of rotatable bonds is 0. The van der Waals surface area contributed by atoms with Crippen molar-refractivity contribution in [2.24, 2.45) is 0 Å². The highest BCUT2D eigenvalue weighted by Crippen LogP contribution is 2.14. The third-order valence-corrected chi connectivity index (χ3v) is 1.09. The van der Waals surface area contributed by atoms with Crippen molar-refractivity contribution in [2.45, 2.75) is 6.42 Å². The van der Waals surface area contributed by atoms with Crippen molar-refractivity contribution >= 4 is 0 Å². The van der Waals surface area contributed by atoms with E-state index >= 15 is 0 Å². The standard InChI is InChI=1S/C8H6F2/c9-7-5-3-1-2-4-6-8(7)10/h1,3-5H,6H2. The van der Waals surface area contributed by atoms with Crippen LogP contribution in [0.5, 0.6) is 0 Å². The van der Waals surface area contributed by atoms with Gasteiger partial charge in [0.05, 0.1) is 0 Å². The van der Waals surface area contributed by atoms with Crippen LogP contribution in [0, 0.1) is 0 Å². The van der Waals surface area contributed by atoms with E-state index in [-0.39, 0.29) is 6.42 Å². The van der Waals surface area contributed by atoms with E-state index in [1.807, 2.05) is 0 Å². The Hall–Kier alpha value is -1.14. The van der Waals surface area contributed by atoms with E-state index < -0.39 is 11.7 Å². The Kier molecular flexibility index (Phi) is 2.19. The highest BCUT2D eigenvalue weighted by Gasteiger charge is 1.99. The van der Waals surface area contributed by atoms with Gasteiger partial charge in [-0.15, -0.1) is 5.73 Å². The Morgan fingerprint density at radius 2 is 2.20 bits per heavy atom. The monoisotopic (exact) mass is 140 g/mol. The van der Waals surface area contributed by atoms with Gasteiger partial charge in [-0.25, -0.2) is 8.78 Å². The molecule has 0 aliphatic heterocycles. The van der Waals surface area contributed by atoms with E-state index in [4.69, 9.17) is 0 Å². The second-order valence-corrected chi connectivity index (χ2v) is 1.85. The number of halogens is 2. The lowest BCUT2D eigenvalue weighted by Crippen LogP contribution is -1.76. The summed E-state index contributed by atoms with van der Waals surface area (Å²) >= 11 is 0. The van der Waals surface area contributed by atoms with E-state index in [0.717, 1.165) is 6.08 Å². The molecule has 0 nitrogen and oxygen atoms in total. The zero-order chi connectivity index (χ0) is 7.40. The molecule has 0 amide bonds. The predicted molar refractivity (Wildman–Crippen MR) is 35.7 cm³/mol. The summed E-state index contributed by atoms with van der Waals surface area (Å²) in [6, 6.07) is 0. The summed E-state index contributed by atoms with van der Waals surface area (Å²) in [4.78, 5) is 0. The normalized spacial score (nSPS) is 17.4. The van der Waals surface area contributed by atoms with Crippen LogP contribution in [0.3, 0.4) is 0 Å². The first-order valence-electron chi connectivity index (χ1n) is 2.92. The van der Waals surface area contributed by atoms with Crippen LogP contribution in [0.15, 0.2) is 41.7 Å². The second kappa shape index (κ2) is 3.14. The molecule has 2 heteroatoms. The van der Waals surface area contributed by atoms with Gasteiger partial charge in [0.1, 0.15) is 5.83 Å². The highest BCUT2D eigenvalue weighted by atomic mass is 19.2. The molecule has 0 fully saturated rings. The molecule has 0 saturated heterocycles. The molecule has 1 aliphatic carbocycles. The average Bonchev–Trinajstić information content (AvgIpc) is 1.92. The van der Waals surface area contributed by atoms with E-state index in [1.165, 1.54) is 18.2 Å². The van der Waals surface area contributed by atoms with Crippen LogP contribution in [0.1, 0.15) is 6.42 Å². The number of hydrogen-bond donors (Lipinski definition) is 0.